The van der Waals surface area contributed by atoms with Crippen LogP contribution in [-0.2, 0) is 47.2 Å². The maximum Gasteiger partial charge on any atom is 0.387 e. The average molecular weight is 837 g/mol. The number of nitrogens with zero attached hydrogens (tertiary/aromatic N) is 9. The first-order chi connectivity index (χ1) is 26.7. The molecule has 16 nitrogen and oxygen atoms in total. The summed E-state index contributed by atoms with van der Waals surface area (Å²) in [5, 5.41) is 0. The SMILES string of the molecule is CN(c1cc2c(cn1)ncn2C)c1ccc(CN(C)S(C)(=O)=O)cc1OC(F)F.CN(c1cc2c(cn1)ncn2C)c1ccc(CNS(C)(=O)=O)cc1OC(F)F. The van der Waals surface area contributed by atoms with Gasteiger partial charge in [0.2, 0.25) is 20.0 Å². The monoisotopic (exact) mass is 836 g/mol. The van der Waals surface area contributed by atoms with E-state index in [1.54, 1.807) is 85.3 Å². The van der Waals surface area contributed by atoms with Gasteiger partial charge in [0, 0.05) is 60.5 Å². The fraction of sp³-hybridized carbons (Fsp3) is 0.314. The maximum absolute atomic E-state index is 13.0. The zero-order chi connectivity index (χ0) is 41.8. The number of sulfonamides is 2. The van der Waals surface area contributed by atoms with Crippen LogP contribution in [0.25, 0.3) is 22.1 Å². The van der Waals surface area contributed by atoms with Gasteiger partial charge in [-0.05, 0) is 35.4 Å². The van der Waals surface area contributed by atoms with E-state index in [1.165, 1.54) is 19.2 Å². The molecule has 22 heteroatoms. The van der Waals surface area contributed by atoms with E-state index >= 15 is 0 Å². The molecule has 0 aliphatic carbocycles. The lowest BCUT2D eigenvalue weighted by molar-refractivity contribution is -0.0501. The maximum atomic E-state index is 13.0. The summed E-state index contributed by atoms with van der Waals surface area (Å²) >= 11 is 0. The molecule has 6 aromatic rings. The molecule has 0 atom stereocenters. The molecule has 306 valence electrons. The van der Waals surface area contributed by atoms with Crippen LogP contribution >= 0.6 is 0 Å². The van der Waals surface area contributed by atoms with E-state index in [1.807, 2.05) is 23.2 Å². The van der Waals surface area contributed by atoms with Crippen molar-refractivity contribution in [3.8, 4) is 11.5 Å². The first-order valence-corrected chi connectivity index (χ1v) is 20.5. The van der Waals surface area contributed by atoms with E-state index in [0.29, 0.717) is 45.2 Å². The number of nitrogens with one attached hydrogen (secondary N) is 1. The highest BCUT2D eigenvalue weighted by Gasteiger charge is 2.20. The Morgan fingerprint density at radius 2 is 1.12 bits per heavy atom. The van der Waals surface area contributed by atoms with E-state index in [9.17, 15) is 34.4 Å². The molecule has 4 heterocycles. The van der Waals surface area contributed by atoms with Gasteiger partial charge in [0.1, 0.15) is 34.2 Å². The Hall–Kier alpha value is -5.58. The van der Waals surface area contributed by atoms with Gasteiger partial charge in [-0.15, -0.1) is 0 Å². The topological polar surface area (TPSA) is 170 Å². The Morgan fingerprint density at radius 3 is 1.54 bits per heavy atom. The number of benzene rings is 2. The largest absolute Gasteiger partial charge is 0.433 e. The molecule has 0 fully saturated rings. The Bertz CT molecular complexity index is 2590. The molecule has 0 saturated carbocycles. The lowest BCUT2D eigenvalue weighted by atomic mass is 10.1. The molecule has 57 heavy (non-hydrogen) atoms. The normalized spacial score (nSPS) is 12.0. The number of rotatable bonds is 14. The molecule has 0 spiro atoms. The van der Waals surface area contributed by atoms with Crippen molar-refractivity contribution in [3.63, 3.8) is 0 Å². The summed E-state index contributed by atoms with van der Waals surface area (Å²) in [4.78, 5) is 20.3. The van der Waals surface area contributed by atoms with Crippen LogP contribution in [0, 0.1) is 0 Å². The third kappa shape index (κ3) is 10.8. The summed E-state index contributed by atoms with van der Waals surface area (Å²) < 4.78 is 114. The van der Waals surface area contributed by atoms with Gasteiger partial charge in [-0.2, -0.15) is 17.6 Å². The van der Waals surface area contributed by atoms with Gasteiger partial charge in [0.15, 0.2) is 0 Å². The van der Waals surface area contributed by atoms with E-state index in [0.717, 1.165) is 27.9 Å². The van der Waals surface area contributed by atoms with Gasteiger partial charge in [-0.1, -0.05) is 12.1 Å². The number of aryl methyl sites for hydroxylation is 2. The number of ether oxygens (including phenoxy) is 2. The number of aromatic nitrogens is 6. The molecule has 0 bridgehead atoms. The lowest BCUT2D eigenvalue weighted by Crippen LogP contribution is -2.25. The van der Waals surface area contributed by atoms with E-state index in [2.05, 4.69) is 29.4 Å². The first-order valence-electron chi connectivity index (χ1n) is 16.7. The third-order valence-electron chi connectivity index (χ3n) is 8.60. The quantitative estimate of drug-likeness (QED) is 0.144. The summed E-state index contributed by atoms with van der Waals surface area (Å²) in [7, 11) is 1.63. The highest BCUT2D eigenvalue weighted by atomic mass is 32.2. The van der Waals surface area contributed by atoms with Crippen molar-refractivity contribution in [1.82, 2.24) is 38.1 Å². The van der Waals surface area contributed by atoms with Crippen LogP contribution < -0.4 is 24.0 Å². The number of anilines is 4. The molecule has 0 saturated heterocycles. The second-order valence-electron chi connectivity index (χ2n) is 12.9. The standard InChI is InChI=1S/C18H21F2N5O3S.C17H19F2N5O3S/c1-23-11-22-13-9-21-17(8-15(13)23)25(3)14-6-5-12(7-16(14)28-18(19)20)10-24(2)29(4,26)27;1-23-10-21-12-9-20-16(7-14(12)23)24(2)13-5-4-11(8-22-28(3,25)26)6-15(13)27-17(18)19/h5-9,11,18H,10H2,1-4H3;4-7,9-10,17,22H,8H2,1-3H3. The van der Waals surface area contributed by atoms with E-state index < -0.39 is 33.3 Å². The van der Waals surface area contributed by atoms with Crippen molar-refractivity contribution < 1.29 is 43.9 Å². The van der Waals surface area contributed by atoms with Gasteiger partial charge in [-0.3, -0.25) is 0 Å². The van der Waals surface area contributed by atoms with Gasteiger partial charge in [-0.25, -0.2) is 45.8 Å². The molecule has 0 radical (unpaired) electrons. The van der Waals surface area contributed by atoms with Crippen molar-refractivity contribution in [3.05, 3.63) is 84.7 Å². The van der Waals surface area contributed by atoms with Crippen molar-refractivity contribution in [2.45, 2.75) is 26.3 Å². The number of halogens is 4. The number of imidazole rings is 2. The lowest BCUT2D eigenvalue weighted by Gasteiger charge is -2.23. The predicted molar refractivity (Wildman–Crippen MR) is 207 cm³/mol. The fourth-order valence-corrected chi connectivity index (χ4v) is 6.31. The minimum Gasteiger partial charge on any atom is -0.433 e. The molecule has 6 rings (SSSR count). The van der Waals surface area contributed by atoms with Gasteiger partial charge in [0.05, 0.1) is 60.0 Å². The van der Waals surface area contributed by atoms with Crippen molar-refractivity contribution in [1.29, 1.82) is 0 Å². The average Bonchev–Trinajstić information content (AvgIpc) is 3.70. The van der Waals surface area contributed by atoms with Crippen molar-refractivity contribution in [2.75, 3.05) is 43.5 Å². The summed E-state index contributed by atoms with van der Waals surface area (Å²) in [5.41, 5.74) is 4.82. The molecule has 1 N–H and O–H groups in total. The highest BCUT2D eigenvalue weighted by Crippen LogP contribution is 2.36. The zero-order valence-corrected chi connectivity index (χ0v) is 33.4. The molecule has 2 aromatic carbocycles. The van der Waals surface area contributed by atoms with Crippen LogP contribution in [0.2, 0.25) is 0 Å². The molecule has 0 aliphatic heterocycles. The smallest absolute Gasteiger partial charge is 0.387 e. The van der Waals surface area contributed by atoms with Crippen LogP contribution in [0.4, 0.5) is 40.6 Å². The van der Waals surface area contributed by atoms with Crippen molar-refractivity contribution >= 4 is 65.1 Å². The van der Waals surface area contributed by atoms with Crippen LogP contribution in [-0.4, -0.2) is 97.1 Å². The Labute approximate surface area is 326 Å². The van der Waals surface area contributed by atoms with Gasteiger partial charge in [0.25, 0.3) is 0 Å². The Kier molecular flexibility index (Phi) is 12.9. The predicted octanol–water partition coefficient (Wildman–Crippen LogP) is 5.12. The molecular formula is C35H40F4N10O6S2. The zero-order valence-electron chi connectivity index (χ0n) is 31.8. The Balaban J connectivity index is 0.000000218. The molecule has 4 aromatic heterocycles. The second-order valence-corrected chi connectivity index (χ2v) is 16.8. The number of hydrogen-bond donors (Lipinski definition) is 1. The van der Waals surface area contributed by atoms with Crippen molar-refractivity contribution in [2.24, 2.45) is 14.1 Å². The number of pyridine rings is 2. The van der Waals surface area contributed by atoms with E-state index in [-0.39, 0.29) is 24.6 Å². The van der Waals surface area contributed by atoms with Gasteiger partial charge >= 0.3 is 13.2 Å². The minimum atomic E-state index is -3.41. The molecule has 0 unspecified atom stereocenters. The summed E-state index contributed by atoms with van der Waals surface area (Å²) in [5.74, 6) is 0.865. The number of hydrogen-bond acceptors (Lipinski definition) is 12. The van der Waals surface area contributed by atoms with Gasteiger partial charge < -0.3 is 28.4 Å². The fourth-order valence-electron chi connectivity index (χ4n) is 5.50. The van der Waals surface area contributed by atoms with E-state index in [4.69, 9.17) is 4.74 Å². The summed E-state index contributed by atoms with van der Waals surface area (Å²) in [6.45, 7) is -6.07. The molecular weight excluding hydrogens is 797 g/mol. The summed E-state index contributed by atoms with van der Waals surface area (Å²) in [6.07, 6.45) is 8.61. The summed E-state index contributed by atoms with van der Waals surface area (Å²) in [6, 6.07) is 12.8. The van der Waals surface area contributed by atoms with Crippen LogP contribution in [0.15, 0.2) is 73.6 Å². The minimum absolute atomic E-state index is 0.0294. The second kappa shape index (κ2) is 17.3. The van der Waals surface area contributed by atoms with Crippen LogP contribution in [0.5, 0.6) is 11.5 Å². The third-order valence-corrected chi connectivity index (χ3v) is 10.5. The first kappa shape index (κ1) is 42.6. The molecule has 0 amide bonds. The van der Waals surface area contributed by atoms with Crippen LogP contribution in [0.1, 0.15) is 11.1 Å². The molecule has 0 aliphatic rings. The van der Waals surface area contributed by atoms with Crippen LogP contribution in [0.3, 0.4) is 0 Å². The number of alkyl halides is 4. The number of fused-ring (bicyclic) bond motifs is 2. The highest BCUT2D eigenvalue weighted by molar-refractivity contribution is 7.88. The Morgan fingerprint density at radius 1 is 0.684 bits per heavy atom.